The lowest BCUT2D eigenvalue weighted by atomic mass is 10.2. The van der Waals surface area contributed by atoms with Crippen LogP contribution in [0.4, 0.5) is 0 Å². The van der Waals surface area contributed by atoms with E-state index < -0.39 is 43.3 Å². The maximum Gasteiger partial charge on any atom is 0.183 e. The van der Waals surface area contributed by atoms with Crippen molar-refractivity contribution in [1.29, 1.82) is 0 Å². The number of hydrogen-bond acceptors (Lipinski definition) is 8. The zero-order valence-corrected chi connectivity index (χ0v) is 14.6. The van der Waals surface area contributed by atoms with E-state index >= 15 is 0 Å². The van der Waals surface area contributed by atoms with E-state index in [9.17, 15) is 5.11 Å². The fraction of sp³-hybridized carbons (Fsp3) is 0.733. The molecule has 9 nitrogen and oxygen atoms in total. The molecule has 0 radical (unpaired) electrons. The first-order valence-corrected chi connectivity index (χ1v) is 8.18. The summed E-state index contributed by atoms with van der Waals surface area (Å²) in [5, 5.41) is 17.8. The lowest BCUT2D eigenvalue weighted by Crippen LogP contribution is -2.31. The van der Waals surface area contributed by atoms with Crippen LogP contribution < -0.4 is 0 Å². The SMILES string of the molecule is [2H]C([2H])(O)C([2H])([2H])O[C@H]1C[C@@H](n2nnc3c(Cl)nc(C)nc32)[C@@H]2OC(C)(C)O[C@@H]21. The highest BCUT2D eigenvalue weighted by Crippen LogP contribution is 2.45. The minimum absolute atomic E-state index is 0.162. The molecule has 2 aliphatic rings. The molecular weight excluding hydrogens is 350 g/mol. The van der Waals surface area contributed by atoms with Gasteiger partial charge in [-0.15, -0.1) is 5.10 Å². The van der Waals surface area contributed by atoms with E-state index in [-0.39, 0.29) is 11.6 Å². The normalized spacial score (nSPS) is 34.4. The Morgan fingerprint density at radius 1 is 1.40 bits per heavy atom. The zero-order chi connectivity index (χ0) is 21.4. The Morgan fingerprint density at radius 2 is 2.16 bits per heavy atom. The Bertz CT molecular complexity index is 953. The van der Waals surface area contributed by atoms with Crippen molar-refractivity contribution in [3.63, 3.8) is 0 Å². The van der Waals surface area contributed by atoms with Crippen molar-refractivity contribution >= 4 is 22.8 Å². The van der Waals surface area contributed by atoms with Crippen LogP contribution in [-0.2, 0) is 14.2 Å². The van der Waals surface area contributed by atoms with Crippen molar-refractivity contribution in [3.05, 3.63) is 11.0 Å². The molecule has 3 heterocycles. The van der Waals surface area contributed by atoms with Gasteiger partial charge in [0.15, 0.2) is 22.1 Å². The summed E-state index contributed by atoms with van der Waals surface area (Å²) in [5.74, 6) is -0.540. The van der Waals surface area contributed by atoms with Gasteiger partial charge in [0.25, 0.3) is 0 Å². The highest BCUT2D eigenvalue weighted by atomic mass is 35.5. The molecule has 2 aromatic rings. The molecule has 0 unspecified atom stereocenters. The van der Waals surface area contributed by atoms with Gasteiger partial charge in [-0.3, -0.25) is 0 Å². The van der Waals surface area contributed by atoms with E-state index in [0.717, 1.165) is 0 Å². The Kier molecular flexibility index (Phi) is 3.14. The summed E-state index contributed by atoms with van der Waals surface area (Å²) in [6.07, 6.45) is -2.05. The Hall–Kier alpha value is -1.39. The van der Waals surface area contributed by atoms with Gasteiger partial charge < -0.3 is 19.3 Å². The van der Waals surface area contributed by atoms with Gasteiger partial charge in [-0.25, -0.2) is 14.6 Å². The van der Waals surface area contributed by atoms with E-state index in [0.29, 0.717) is 17.0 Å². The van der Waals surface area contributed by atoms with Crippen molar-refractivity contribution in [1.82, 2.24) is 25.0 Å². The number of aromatic nitrogens is 5. The van der Waals surface area contributed by atoms with Crippen molar-refractivity contribution < 1.29 is 24.8 Å². The molecule has 1 saturated carbocycles. The van der Waals surface area contributed by atoms with Gasteiger partial charge in [0.1, 0.15) is 18.0 Å². The molecule has 136 valence electrons. The van der Waals surface area contributed by atoms with E-state index in [1.807, 2.05) is 0 Å². The quantitative estimate of drug-likeness (QED) is 0.792. The van der Waals surface area contributed by atoms with Gasteiger partial charge >= 0.3 is 0 Å². The van der Waals surface area contributed by atoms with Crippen LogP contribution in [0.25, 0.3) is 11.2 Å². The van der Waals surface area contributed by atoms with Crippen LogP contribution in [0, 0.1) is 6.92 Å². The molecule has 0 spiro atoms. The fourth-order valence-electron chi connectivity index (χ4n) is 3.49. The van der Waals surface area contributed by atoms with Crippen LogP contribution in [0.3, 0.4) is 0 Å². The van der Waals surface area contributed by atoms with Crippen LogP contribution in [-0.4, -0.2) is 67.3 Å². The summed E-state index contributed by atoms with van der Waals surface area (Å²) in [4.78, 5) is 8.42. The summed E-state index contributed by atoms with van der Waals surface area (Å²) < 4.78 is 48.9. The predicted octanol–water partition coefficient (Wildman–Crippen LogP) is 1.03. The highest BCUT2D eigenvalue weighted by molar-refractivity contribution is 6.33. The number of fused-ring (bicyclic) bond motifs is 2. The number of aliphatic hydroxyl groups is 1. The molecule has 1 N–H and O–H groups in total. The zero-order valence-electron chi connectivity index (χ0n) is 17.8. The fourth-order valence-corrected chi connectivity index (χ4v) is 3.73. The monoisotopic (exact) mass is 373 g/mol. The first-order valence-electron chi connectivity index (χ1n) is 9.80. The largest absolute Gasteiger partial charge is 0.394 e. The van der Waals surface area contributed by atoms with Gasteiger partial charge in [-0.05, 0) is 20.8 Å². The molecule has 4 atom stereocenters. The number of rotatable bonds is 4. The second kappa shape index (κ2) is 6.10. The van der Waals surface area contributed by atoms with Crippen LogP contribution >= 0.6 is 11.6 Å². The van der Waals surface area contributed by atoms with Gasteiger partial charge in [-0.1, -0.05) is 16.8 Å². The number of aryl methyl sites for hydroxylation is 1. The van der Waals surface area contributed by atoms with Gasteiger partial charge in [0.05, 0.1) is 30.7 Å². The lowest BCUT2D eigenvalue weighted by Gasteiger charge is -2.23. The summed E-state index contributed by atoms with van der Waals surface area (Å²) in [6.45, 7) is -1.06. The van der Waals surface area contributed by atoms with Gasteiger partial charge in [0, 0.05) is 6.42 Å². The van der Waals surface area contributed by atoms with Crippen molar-refractivity contribution in [3.8, 4) is 0 Å². The average Bonchev–Trinajstić information content (AvgIpc) is 3.18. The minimum atomic E-state index is -3.20. The molecule has 2 fully saturated rings. The molecule has 1 aliphatic carbocycles. The molecule has 4 rings (SSSR count). The maximum absolute atomic E-state index is 9.50. The van der Waals surface area contributed by atoms with E-state index in [1.54, 1.807) is 20.8 Å². The summed E-state index contributed by atoms with van der Waals surface area (Å²) in [6, 6.07) is -0.498. The predicted molar refractivity (Wildman–Crippen MR) is 87.2 cm³/mol. The number of ether oxygens (including phenoxy) is 3. The van der Waals surface area contributed by atoms with Crippen molar-refractivity contribution in [2.45, 2.75) is 57.3 Å². The van der Waals surface area contributed by atoms with E-state index in [4.69, 9.17) is 31.3 Å². The molecule has 10 heteroatoms. The van der Waals surface area contributed by atoms with E-state index in [2.05, 4.69) is 20.3 Å². The Morgan fingerprint density at radius 3 is 2.92 bits per heavy atom. The van der Waals surface area contributed by atoms with Crippen LogP contribution in [0.2, 0.25) is 5.15 Å². The van der Waals surface area contributed by atoms with E-state index in [1.165, 1.54) is 4.68 Å². The minimum Gasteiger partial charge on any atom is -0.394 e. The topological polar surface area (TPSA) is 104 Å². The van der Waals surface area contributed by atoms with Crippen molar-refractivity contribution in [2.24, 2.45) is 0 Å². The number of halogens is 1. The molecular formula is C15H20ClN5O4. The number of nitrogens with zero attached hydrogens (tertiary/aromatic N) is 5. The molecule has 1 aliphatic heterocycles. The first kappa shape index (κ1) is 12.9. The molecule has 0 bridgehead atoms. The second-order valence-corrected chi connectivity index (χ2v) is 6.86. The molecule has 0 amide bonds. The summed E-state index contributed by atoms with van der Waals surface area (Å²) in [5.41, 5.74) is 0.707. The Balaban J connectivity index is 1.72. The molecule has 1 saturated heterocycles. The third-order valence-electron chi connectivity index (χ3n) is 4.35. The molecule has 0 aromatic carbocycles. The maximum atomic E-state index is 9.50. The highest BCUT2D eigenvalue weighted by Gasteiger charge is 2.56. The number of hydrogen-bond donors (Lipinski definition) is 1. The smallest absolute Gasteiger partial charge is 0.183 e. The second-order valence-electron chi connectivity index (χ2n) is 6.51. The standard InChI is InChI=1S/C15H20ClN5O4/c1-7-17-13(16)10-14(18-7)21(20-19-10)8-6-9(23-5-4-22)12-11(8)24-15(2,3)25-12/h8-9,11-12,22H,4-6H2,1-3H3/t8-,9+,11+,12-/m1/s1/i4D2,5D2. The van der Waals surface area contributed by atoms with Crippen LogP contribution in [0.5, 0.6) is 0 Å². The van der Waals surface area contributed by atoms with Crippen molar-refractivity contribution in [2.75, 3.05) is 13.1 Å². The average molecular weight is 374 g/mol. The molecule has 25 heavy (non-hydrogen) atoms. The lowest BCUT2D eigenvalue weighted by molar-refractivity contribution is -0.171. The van der Waals surface area contributed by atoms with Gasteiger partial charge in [-0.2, -0.15) is 0 Å². The first-order chi connectivity index (χ1) is 13.3. The summed E-state index contributed by atoms with van der Waals surface area (Å²) in [7, 11) is 0. The van der Waals surface area contributed by atoms with Crippen LogP contribution in [0.1, 0.15) is 37.6 Å². The third kappa shape index (κ3) is 2.89. The molecule has 2 aromatic heterocycles. The van der Waals surface area contributed by atoms with Crippen LogP contribution in [0.15, 0.2) is 0 Å². The Labute approximate surface area is 154 Å². The van der Waals surface area contributed by atoms with Gasteiger partial charge in [0.2, 0.25) is 0 Å². The third-order valence-corrected chi connectivity index (χ3v) is 4.61. The summed E-state index contributed by atoms with van der Waals surface area (Å²) >= 11 is 6.14.